The van der Waals surface area contributed by atoms with Crippen molar-refractivity contribution in [2.24, 2.45) is 5.92 Å². The molecule has 1 heterocycles. The predicted molar refractivity (Wildman–Crippen MR) is 96.4 cm³/mol. The third-order valence-electron chi connectivity index (χ3n) is 4.44. The maximum absolute atomic E-state index is 13.2. The Morgan fingerprint density at radius 3 is 2.71 bits per heavy atom. The van der Waals surface area contributed by atoms with Crippen molar-refractivity contribution in [3.05, 3.63) is 64.7 Å². The molecule has 0 aliphatic carbocycles. The fourth-order valence-corrected chi connectivity index (χ4v) is 3.21. The topological polar surface area (TPSA) is 29.5 Å². The second-order valence-electron chi connectivity index (χ2n) is 6.90. The highest BCUT2D eigenvalue weighted by atomic mass is 16.5. The zero-order valence-corrected chi connectivity index (χ0v) is 14.7. The number of hydrogen-bond acceptors (Lipinski definition) is 2. The zero-order valence-electron chi connectivity index (χ0n) is 14.7. The molecule has 3 rings (SSSR count). The van der Waals surface area contributed by atoms with E-state index in [0.717, 1.165) is 24.3 Å². The summed E-state index contributed by atoms with van der Waals surface area (Å²) in [5.41, 5.74) is 4.24. The number of hydrogen-bond donors (Lipinski definition) is 0. The van der Waals surface area contributed by atoms with Crippen LogP contribution in [-0.2, 0) is 13.0 Å². The Kier molecular flexibility index (Phi) is 4.89. The first kappa shape index (κ1) is 16.6. The molecule has 3 heteroatoms. The van der Waals surface area contributed by atoms with Gasteiger partial charge in [0.05, 0.1) is 12.2 Å². The van der Waals surface area contributed by atoms with Crippen molar-refractivity contribution in [1.29, 1.82) is 0 Å². The fraction of sp³-hybridized carbons (Fsp3) is 0.381. The van der Waals surface area contributed by atoms with Crippen LogP contribution in [0.4, 0.5) is 0 Å². The van der Waals surface area contributed by atoms with Crippen LogP contribution in [-0.4, -0.2) is 24.0 Å². The van der Waals surface area contributed by atoms with Crippen LogP contribution in [0.5, 0.6) is 5.75 Å². The van der Waals surface area contributed by atoms with Gasteiger partial charge >= 0.3 is 0 Å². The number of para-hydroxylation sites is 1. The quantitative estimate of drug-likeness (QED) is 0.824. The van der Waals surface area contributed by atoms with Crippen LogP contribution in [0.25, 0.3) is 0 Å². The molecule has 1 aliphatic heterocycles. The molecule has 0 atom stereocenters. The van der Waals surface area contributed by atoms with Crippen molar-refractivity contribution >= 4 is 5.91 Å². The van der Waals surface area contributed by atoms with E-state index >= 15 is 0 Å². The van der Waals surface area contributed by atoms with Gasteiger partial charge in [0, 0.05) is 19.5 Å². The molecule has 0 bridgehead atoms. The van der Waals surface area contributed by atoms with Crippen LogP contribution in [0, 0.1) is 12.8 Å². The molecule has 0 fully saturated rings. The summed E-state index contributed by atoms with van der Waals surface area (Å²) in [6, 6.07) is 14.2. The van der Waals surface area contributed by atoms with Crippen LogP contribution in [0.3, 0.4) is 0 Å². The lowest BCUT2D eigenvalue weighted by atomic mass is 10.0. The number of aryl methyl sites for hydroxylation is 1. The minimum Gasteiger partial charge on any atom is -0.492 e. The number of carbonyl (C=O) groups is 1. The van der Waals surface area contributed by atoms with Gasteiger partial charge in [0.15, 0.2) is 0 Å². The Labute approximate surface area is 144 Å². The van der Waals surface area contributed by atoms with Crippen molar-refractivity contribution < 1.29 is 9.53 Å². The first-order chi connectivity index (χ1) is 11.6. The Hall–Kier alpha value is -2.29. The molecule has 0 saturated carbocycles. The minimum atomic E-state index is 0.0608. The molecule has 2 aromatic rings. The second kappa shape index (κ2) is 7.08. The van der Waals surface area contributed by atoms with E-state index in [1.165, 1.54) is 11.1 Å². The highest BCUT2D eigenvalue weighted by molar-refractivity contribution is 5.97. The monoisotopic (exact) mass is 323 g/mol. The summed E-state index contributed by atoms with van der Waals surface area (Å²) < 4.78 is 5.73. The number of amides is 1. The Morgan fingerprint density at radius 1 is 1.17 bits per heavy atom. The number of nitrogens with zero attached hydrogens (tertiary/aromatic N) is 1. The smallest absolute Gasteiger partial charge is 0.257 e. The van der Waals surface area contributed by atoms with Gasteiger partial charge in [-0.25, -0.2) is 0 Å². The number of rotatable bonds is 5. The predicted octanol–water partition coefficient (Wildman–Crippen LogP) is 4.23. The number of carbonyl (C=O) groups excluding carboxylic acids is 1. The van der Waals surface area contributed by atoms with Crippen molar-refractivity contribution in [2.75, 3.05) is 13.2 Å². The van der Waals surface area contributed by atoms with Crippen LogP contribution in [0.1, 0.15) is 40.9 Å². The molecule has 1 amide bonds. The average molecular weight is 323 g/mol. The molecule has 126 valence electrons. The van der Waals surface area contributed by atoms with E-state index in [4.69, 9.17) is 4.74 Å². The lowest BCUT2D eigenvalue weighted by molar-refractivity contribution is 0.0719. The standard InChI is InChI=1S/C21H25NO2/c1-15(2)13-22(14-18-8-5-4-7-16(18)3)21(23)19-10-6-9-17-11-12-24-20(17)19/h4-10,15H,11-14H2,1-3H3. The number of fused-ring (bicyclic) bond motifs is 1. The van der Waals surface area contributed by atoms with E-state index in [9.17, 15) is 4.79 Å². The second-order valence-corrected chi connectivity index (χ2v) is 6.90. The van der Waals surface area contributed by atoms with Crippen LogP contribution < -0.4 is 4.74 Å². The third kappa shape index (κ3) is 3.45. The molecule has 0 saturated heterocycles. The largest absolute Gasteiger partial charge is 0.492 e. The summed E-state index contributed by atoms with van der Waals surface area (Å²) in [6.07, 6.45) is 0.887. The van der Waals surface area contributed by atoms with Gasteiger partial charge in [-0.3, -0.25) is 4.79 Å². The van der Waals surface area contributed by atoms with E-state index in [1.54, 1.807) is 0 Å². The van der Waals surface area contributed by atoms with Crippen LogP contribution in [0.15, 0.2) is 42.5 Å². The van der Waals surface area contributed by atoms with Gasteiger partial charge in [-0.05, 0) is 35.6 Å². The normalized spacial score (nSPS) is 12.8. The molecule has 24 heavy (non-hydrogen) atoms. The Balaban J connectivity index is 1.90. The summed E-state index contributed by atoms with van der Waals surface area (Å²) >= 11 is 0. The highest BCUT2D eigenvalue weighted by Gasteiger charge is 2.25. The molecule has 0 N–H and O–H groups in total. The molecular formula is C21H25NO2. The zero-order chi connectivity index (χ0) is 17.1. The summed E-state index contributed by atoms with van der Waals surface area (Å²) in [7, 11) is 0. The molecule has 2 aromatic carbocycles. The maximum atomic E-state index is 13.2. The SMILES string of the molecule is Cc1ccccc1CN(CC(C)C)C(=O)c1cccc2c1OCC2. The highest BCUT2D eigenvalue weighted by Crippen LogP contribution is 2.31. The number of ether oxygens (including phenoxy) is 1. The molecule has 0 spiro atoms. The maximum Gasteiger partial charge on any atom is 0.257 e. The minimum absolute atomic E-state index is 0.0608. The van der Waals surface area contributed by atoms with Crippen molar-refractivity contribution in [3.63, 3.8) is 0 Å². The van der Waals surface area contributed by atoms with Gasteiger partial charge in [0.25, 0.3) is 5.91 Å². The molecule has 0 aromatic heterocycles. The lowest BCUT2D eigenvalue weighted by Crippen LogP contribution is -2.34. The van der Waals surface area contributed by atoms with Gasteiger partial charge in [-0.1, -0.05) is 50.2 Å². The molecule has 3 nitrogen and oxygen atoms in total. The van der Waals surface area contributed by atoms with E-state index in [0.29, 0.717) is 24.6 Å². The summed E-state index contributed by atoms with van der Waals surface area (Å²) in [4.78, 5) is 15.2. The summed E-state index contributed by atoms with van der Waals surface area (Å²) in [6.45, 7) is 8.41. The summed E-state index contributed by atoms with van der Waals surface area (Å²) in [5.74, 6) is 1.25. The van der Waals surface area contributed by atoms with Gasteiger partial charge in [-0.2, -0.15) is 0 Å². The van der Waals surface area contributed by atoms with E-state index in [-0.39, 0.29) is 5.91 Å². The van der Waals surface area contributed by atoms with Crippen LogP contribution in [0.2, 0.25) is 0 Å². The van der Waals surface area contributed by atoms with E-state index < -0.39 is 0 Å². The first-order valence-electron chi connectivity index (χ1n) is 8.64. The van der Waals surface area contributed by atoms with Gasteiger partial charge in [-0.15, -0.1) is 0 Å². The average Bonchev–Trinajstić information content (AvgIpc) is 3.03. The van der Waals surface area contributed by atoms with Crippen molar-refractivity contribution in [1.82, 2.24) is 4.90 Å². The Morgan fingerprint density at radius 2 is 1.96 bits per heavy atom. The third-order valence-corrected chi connectivity index (χ3v) is 4.44. The van der Waals surface area contributed by atoms with Gasteiger partial charge in [0.2, 0.25) is 0 Å². The molecule has 0 radical (unpaired) electrons. The fourth-order valence-electron chi connectivity index (χ4n) is 3.21. The number of benzene rings is 2. The molecular weight excluding hydrogens is 298 g/mol. The van der Waals surface area contributed by atoms with E-state index in [2.05, 4.69) is 32.9 Å². The van der Waals surface area contributed by atoms with E-state index in [1.807, 2.05) is 35.2 Å². The Bertz CT molecular complexity index is 736. The van der Waals surface area contributed by atoms with Gasteiger partial charge in [0.1, 0.15) is 5.75 Å². The van der Waals surface area contributed by atoms with Crippen LogP contribution >= 0.6 is 0 Å². The van der Waals surface area contributed by atoms with Crippen molar-refractivity contribution in [3.8, 4) is 5.75 Å². The molecule has 1 aliphatic rings. The summed E-state index contributed by atoms with van der Waals surface area (Å²) in [5, 5.41) is 0. The first-order valence-corrected chi connectivity index (χ1v) is 8.64. The lowest BCUT2D eigenvalue weighted by Gasteiger charge is -2.26. The molecule has 0 unspecified atom stereocenters. The van der Waals surface area contributed by atoms with Crippen molar-refractivity contribution in [2.45, 2.75) is 33.7 Å². The van der Waals surface area contributed by atoms with Gasteiger partial charge < -0.3 is 9.64 Å².